The summed E-state index contributed by atoms with van der Waals surface area (Å²) in [7, 11) is 0. The molecule has 3 heterocycles. The van der Waals surface area contributed by atoms with E-state index in [1.54, 1.807) is 4.90 Å². The second-order valence-corrected chi connectivity index (χ2v) is 10.1. The van der Waals surface area contributed by atoms with Crippen LogP contribution in [-0.4, -0.2) is 82.1 Å². The summed E-state index contributed by atoms with van der Waals surface area (Å²) in [6.07, 6.45) is -0.507. The van der Waals surface area contributed by atoms with Gasteiger partial charge in [0, 0.05) is 63.5 Å². The minimum absolute atomic E-state index is 0.00683. The zero-order valence-corrected chi connectivity index (χ0v) is 22.1. The largest absolute Gasteiger partial charge is 0.444 e. The van der Waals surface area contributed by atoms with Crippen LogP contribution in [0, 0.1) is 11.6 Å². The summed E-state index contributed by atoms with van der Waals surface area (Å²) in [5.74, 6) is -1.51. The Balaban J connectivity index is 1.19. The van der Waals surface area contributed by atoms with Crippen LogP contribution in [-0.2, 0) is 25.7 Å². The Morgan fingerprint density at radius 2 is 1.62 bits per heavy atom. The third-order valence-corrected chi connectivity index (χ3v) is 7.25. The number of rotatable bonds is 8. The van der Waals surface area contributed by atoms with Gasteiger partial charge in [-0.1, -0.05) is 12.1 Å². The fourth-order valence-corrected chi connectivity index (χ4v) is 5.13. The van der Waals surface area contributed by atoms with Crippen molar-refractivity contribution in [3.8, 4) is 0 Å². The Bertz CT molecular complexity index is 1150. The van der Waals surface area contributed by atoms with E-state index in [0.717, 1.165) is 49.7 Å². The molecule has 3 fully saturated rings. The van der Waals surface area contributed by atoms with Crippen molar-refractivity contribution in [2.75, 3.05) is 73.8 Å². The molecule has 0 aromatic heterocycles. The maximum atomic E-state index is 15.2. The van der Waals surface area contributed by atoms with Crippen molar-refractivity contribution in [3.63, 3.8) is 0 Å². The molecular formula is C28H34F2N4O5. The number of cyclic esters (lactones) is 1. The number of Topliss-reactive ketones (excluding diaryl/α,β-unsaturated/α-hetero) is 1. The van der Waals surface area contributed by atoms with Crippen molar-refractivity contribution in [2.24, 2.45) is 0 Å². The van der Waals surface area contributed by atoms with Crippen LogP contribution < -0.4 is 14.7 Å². The van der Waals surface area contributed by atoms with Crippen LogP contribution in [0.3, 0.4) is 0 Å². The third kappa shape index (κ3) is 6.66. The predicted octanol–water partition coefficient (Wildman–Crippen LogP) is 3.75. The smallest absolute Gasteiger partial charge is 0.414 e. The first-order chi connectivity index (χ1) is 18.9. The number of ether oxygens (including phenoxy) is 2. The Labute approximate surface area is 226 Å². The van der Waals surface area contributed by atoms with Gasteiger partial charge in [0.1, 0.15) is 17.6 Å². The summed E-state index contributed by atoms with van der Waals surface area (Å²) < 4.78 is 41.1. The Kier molecular flexibility index (Phi) is 8.59. The number of carbonyl (C=O) groups excluding carboxylic acids is 2. The van der Waals surface area contributed by atoms with E-state index in [1.807, 2.05) is 5.06 Å². The molecule has 3 aliphatic heterocycles. The number of halogens is 2. The minimum atomic E-state index is -0.753. The molecule has 3 saturated heterocycles. The van der Waals surface area contributed by atoms with Gasteiger partial charge < -0.3 is 24.1 Å². The van der Waals surface area contributed by atoms with Gasteiger partial charge in [0.2, 0.25) is 0 Å². The minimum Gasteiger partial charge on any atom is -0.444 e. The molecule has 0 aliphatic carbocycles. The lowest BCUT2D eigenvalue weighted by molar-refractivity contribution is -0.154. The molecule has 11 heteroatoms. The summed E-state index contributed by atoms with van der Waals surface area (Å²) in [5.41, 5.74) is 2.20. The van der Waals surface area contributed by atoms with Gasteiger partial charge in [-0.25, -0.2) is 13.6 Å². The van der Waals surface area contributed by atoms with Gasteiger partial charge in [0.15, 0.2) is 11.6 Å². The van der Waals surface area contributed by atoms with Crippen molar-refractivity contribution in [1.82, 2.24) is 5.06 Å². The SMILES string of the molecule is CC(=O)CC[C@H]1CN(c2cc(F)c(N3CCON(Cc4ccc(N5CCOCC5)cc4)CC3)c(F)c2)C(=O)O1. The van der Waals surface area contributed by atoms with E-state index in [4.69, 9.17) is 14.3 Å². The number of amides is 1. The van der Waals surface area contributed by atoms with Crippen molar-refractivity contribution in [2.45, 2.75) is 32.4 Å². The first-order valence-electron chi connectivity index (χ1n) is 13.4. The van der Waals surface area contributed by atoms with Gasteiger partial charge in [0.25, 0.3) is 0 Å². The topological polar surface area (TPSA) is 74.8 Å². The summed E-state index contributed by atoms with van der Waals surface area (Å²) >= 11 is 0. The van der Waals surface area contributed by atoms with Gasteiger partial charge in [-0.3, -0.25) is 9.74 Å². The van der Waals surface area contributed by atoms with E-state index in [1.165, 1.54) is 11.8 Å². The van der Waals surface area contributed by atoms with Crippen molar-refractivity contribution in [1.29, 1.82) is 0 Å². The van der Waals surface area contributed by atoms with E-state index in [-0.39, 0.29) is 36.7 Å². The second kappa shape index (κ2) is 12.3. The highest BCUT2D eigenvalue weighted by atomic mass is 19.1. The molecule has 0 radical (unpaired) electrons. The lowest BCUT2D eigenvalue weighted by atomic mass is 10.1. The summed E-state index contributed by atoms with van der Waals surface area (Å²) in [6, 6.07) is 10.7. The number of nitrogens with zero attached hydrogens (tertiary/aromatic N) is 4. The molecule has 1 atom stereocenters. The lowest BCUT2D eigenvalue weighted by Gasteiger charge is -2.29. The standard InChI is InChI=1S/C28H34F2N4O5/c1-20(35)2-7-24-19-34(28(36)39-24)23-16-25(29)27(26(30)17-23)32-8-9-33(38-15-12-32)18-21-3-5-22(6-4-21)31-10-13-37-14-11-31/h3-6,16-17,24H,2,7-15,18-19H2,1H3/t24-/m0/s1. The van der Waals surface area contributed by atoms with Crippen LogP contribution >= 0.6 is 0 Å². The molecule has 210 valence electrons. The van der Waals surface area contributed by atoms with E-state index >= 15 is 8.78 Å². The maximum Gasteiger partial charge on any atom is 0.414 e. The van der Waals surface area contributed by atoms with Crippen LogP contribution in [0.15, 0.2) is 36.4 Å². The molecule has 0 unspecified atom stereocenters. The normalized spacial score (nSPS) is 20.7. The Morgan fingerprint density at radius 1 is 0.923 bits per heavy atom. The summed E-state index contributed by atoms with van der Waals surface area (Å²) in [5, 5.41) is 1.81. The second-order valence-electron chi connectivity index (χ2n) is 10.1. The van der Waals surface area contributed by atoms with E-state index in [0.29, 0.717) is 32.6 Å². The number of ketones is 1. The van der Waals surface area contributed by atoms with Crippen molar-refractivity contribution in [3.05, 3.63) is 53.6 Å². The highest BCUT2D eigenvalue weighted by Crippen LogP contribution is 2.32. The summed E-state index contributed by atoms with van der Waals surface area (Å²) in [6.45, 7) is 6.82. The van der Waals surface area contributed by atoms with E-state index < -0.39 is 23.8 Å². The molecule has 2 aromatic carbocycles. The molecule has 0 spiro atoms. The maximum absolute atomic E-state index is 15.2. The quantitative estimate of drug-likeness (QED) is 0.498. The third-order valence-electron chi connectivity index (χ3n) is 7.25. The van der Waals surface area contributed by atoms with Crippen LogP contribution in [0.1, 0.15) is 25.3 Å². The van der Waals surface area contributed by atoms with E-state index in [9.17, 15) is 9.59 Å². The van der Waals surface area contributed by atoms with Crippen LogP contribution in [0.4, 0.5) is 30.6 Å². The number of hydrogen-bond acceptors (Lipinski definition) is 8. The lowest BCUT2D eigenvalue weighted by Crippen LogP contribution is -2.36. The fraction of sp³-hybridized carbons (Fsp3) is 0.500. The van der Waals surface area contributed by atoms with Crippen LogP contribution in [0.25, 0.3) is 0 Å². The molecular weight excluding hydrogens is 510 g/mol. The first-order valence-corrected chi connectivity index (χ1v) is 13.4. The number of anilines is 3. The average molecular weight is 545 g/mol. The fourth-order valence-electron chi connectivity index (χ4n) is 5.13. The molecule has 0 N–H and O–H groups in total. The molecule has 3 aliphatic rings. The zero-order chi connectivity index (χ0) is 27.4. The molecule has 0 bridgehead atoms. The molecule has 2 aromatic rings. The highest BCUT2D eigenvalue weighted by Gasteiger charge is 2.34. The monoisotopic (exact) mass is 544 g/mol. The molecule has 1 amide bonds. The van der Waals surface area contributed by atoms with Gasteiger partial charge in [-0.15, -0.1) is 0 Å². The number of morpholine rings is 1. The van der Waals surface area contributed by atoms with Gasteiger partial charge in [-0.2, -0.15) is 5.06 Å². The average Bonchev–Trinajstić information content (AvgIpc) is 3.15. The number of carbonyl (C=O) groups is 2. The molecule has 0 saturated carbocycles. The van der Waals surface area contributed by atoms with Crippen molar-refractivity contribution >= 4 is 28.9 Å². The van der Waals surface area contributed by atoms with E-state index in [2.05, 4.69) is 29.2 Å². The highest BCUT2D eigenvalue weighted by molar-refractivity contribution is 5.90. The van der Waals surface area contributed by atoms with Crippen LogP contribution in [0.2, 0.25) is 0 Å². The Hall–Kier alpha value is -3.28. The molecule has 39 heavy (non-hydrogen) atoms. The zero-order valence-electron chi connectivity index (χ0n) is 22.1. The van der Waals surface area contributed by atoms with Gasteiger partial charge in [-0.05, 0) is 31.0 Å². The van der Waals surface area contributed by atoms with Gasteiger partial charge in [0.05, 0.1) is 32.1 Å². The van der Waals surface area contributed by atoms with Crippen molar-refractivity contribution < 1.29 is 32.7 Å². The first kappa shape index (κ1) is 27.3. The predicted molar refractivity (Wildman–Crippen MR) is 142 cm³/mol. The molecule has 5 rings (SSSR count). The molecule has 9 nitrogen and oxygen atoms in total. The Morgan fingerprint density at radius 3 is 2.31 bits per heavy atom. The van der Waals surface area contributed by atoms with Gasteiger partial charge >= 0.3 is 6.09 Å². The summed E-state index contributed by atoms with van der Waals surface area (Å²) in [4.78, 5) is 34.6. The number of hydroxylamine groups is 2. The van der Waals surface area contributed by atoms with Crippen LogP contribution in [0.5, 0.6) is 0 Å². The number of hydrogen-bond donors (Lipinski definition) is 0. The number of benzene rings is 2.